The van der Waals surface area contributed by atoms with Crippen LogP contribution in [0.3, 0.4) is 0 Å². The molecular formula is C15H16FN3O2. The highest BCUT2D eigenvalue weighted by atomic mass is 19.1. The van der Waals surface area contributed by atoms with Crippen LogP contribution < -0.4 is 5.32 Å². The molecule has 0 atom stereocenters. The van der Waals surface area contributed by atoms with Crippen LogP contribution in [0, 0.1) is 5.82 Å². The van der Waals surface area contributed by atoms with Gasteiger partial charge in [0.15, 0.2) is 5.82 Å². The van der Waals surface area contributed by atoms with E-state index in [1.54, 1.807) is 0 Å². The molecule has 1 aliphatic rings. The summed E-state index contributed by atoms with van der Waals surface area (Å²) in [6, 6.07) is 3.83. The lowest BCUT2D eigenvalue weighted by atomic mass is 10.1. The number of anilines is 1. The molecule has 6 heteroatoms. The number of nitrogens with one attached hydrogen (secondary N) is 1. The zero-order valence-electron chi connectivity index (χ0n) is 11.7. The lowest BCUT2D eigenvalue weighted by Gasteiger charge is -2.20. The topological polar surface area (TPSA) is 67.3 Å². The summed E-state index contributed by atoms with van der Waals surface area (Å²) < 4.78 is 18.9. The van der Waals surface area contributed by atoms with Crippen molar-refractivity contribution in [1.82, 2.24) is 9.97 Å². The van der Waals surface area contributed by atoms with E-state index in [0.29, 0.717) is 36.8 Å². The molecule has 110 valence electrons. The maximum atomic E-state index is 13.5. The molecule has 0 spiro atoms. The third-order valence-electron chi connectivity index (χ3n) is 3.31. The highest BCUT2D eigenvalue weighted by Crippen LogP contribution is 2.28. The first-order valence-electron chi connectivity index (χ1n) is 6.88. The minimum atomic E-state index is -0.514. The molecule has 5 nitrogen and oxygen atoms in total. The first-order chi connectivity index (χ1) is 10.2. The van der Waals surface area contributed by atoms with Crippen molar-refractivity contribution >= 4 is 5.82 Å². The van der Waals surface area contributed by atoms with Crippen molar-refractivity contribution in [2.24, 2.45) is 0 Å². The van der Waals surface area contributed by atoms with Crippen molar-refractivity contribution in [2.75, 3.05) is 18.5 Å². The van der Waals surface area contributed by atoms with Gasteiger partial charge in [0.1, 0.15) is 17.4 Å². The van der Waals surface area contributed by atoms with Crippen LogP contribution in [0.4, 0.5) is 10.2 Å². The van der Waals surface area contributed by atoms with Crippen LogP contribution >= 0.6 is 0 Å². The number of aromatic nitrogens is 2. The highest BCUT2D eigenvalue weighted by Gasteiger charge is 2.19. The molecule has 0 unspecified atom stereocenters. The molecule has 0 fully saturated rings. The quantitative estimate of drug-likeness (QED) is 0.908. The fourth-order valence-electron chi connectivity index (χ4n) is 2.38. The highest BCUT2D eigenvalue weighted by molar-refractivity contribution is 5.61. The molecule has 1 aromatic heterocycles. The van der Waals surface area contributed by atoms with E-state index in [9.17, 15) is 9.50 Å². The number of hydrogen-bond acceptors (Lipinski definition) is 5. The first-order valence-corrected chi connectivity index (χ1v) is 6.88. The number of nitrogens with zero attached hydrogens (tertiary/aromatic N) is 2. The number of halogens is 1. The van der Waals surface area contributed by atoms with Crippen molar-refractivity contribution < 1.29 is 14.2 Å². The molecule has 0 bridgehead atoms. The maximum Gasteiger partial charge on any atom is 0.162 e. The van der Waals surface area contributed by atoms with Gasteiger partial charge in [0, 0.05) is 30.2 Å². The Morgan fingerprint density at radius 1 is 1.33 bits per heavy atom. The van der Waals surface area contributed by atoms with E-state index < -0.39 is 5.82 Å². The molecule has 3 rings (SSSR count). The Balaban J connectivity index is 2.12. The molecule has 0 saturated carbocycles. The average Bonchev–Trinajstić information content (AvgIpc) is 2.46. The summed E-state index contributed by atoms with van der Waals surface area (Å²) in [6.07, 6.45) is 0.699. The molecular weight excluding hydrogens is 273 g/mol. The Labute approximate surface area is 121 Å². The smallest absolute Gasteiger partial charge is 0.162 e. The third-order valence-corrected chi connectivity index (χ3v) is 3.31. The van der Waals surface area contributed by atoms with E-state index in [-0.39, 0.29) is 5.75 Å². The van der Waals surface area contributed by atoms with Crippen LogP contribution in [-0.2, 0) is 17.8 Å². The van der Waals surface area contributed by atoms with Gasteiger partial charge in [-0.25, -0.2) is 14.4 Å². The van der Waals surface area contributed by atoms with Crippen molar-refractivity contribution in [2.45, 2.75) is 20.0 Å². The summed E-state index contributed by atoms with van der Waals surface area (Å²) >= 11 is 0. The minimum Gasteiger partial charge on any atom is -0.508 e. The summed E-state index contributed by atoms with van der Waals surface area (Å²) in [4.78, 5) is 8.95. The van der Waals surface area contributed by atoms with Gasteiger partial charge >= 0.3 is 0 Å². The Morgan fingerprint density at radius 3 is 2.95 bits per heavy atom. The molecule has 2 heterocycles. The van der Waals surface area contributed by atoms with Crippen LogP contribution in [0.1, 0.15) is 18.2 Å². The zero-order valence-corrected chi connectivity index (χ0v) is 11.7. The fraction of sp³-hybridized carbons (Fsp3) is 0.333. The Bertz CT molecular complexity index is 656. The van der Waals surface area contributed by atoms with Crippen molar-refractivity contribution in [3.63, 3.8) is 0 Å². The van der Waals surface area contributed by atoms with E-state index in [1.165, 1.54) is 12.1 Å². The van der Waals surface area contributed by atoms with Crippen molar-refractivity contribution in [3.8, 4) is 17.1 Å². The molecule has 2 N–H and O–H groups in total. The maximum absolute atomic E-state index is 13.5. The SMILES string of the molecule is CCNc1nc(-c2cc(O)cc(F)c2)nc2c1COCC2. The van der Waals surface area contributed by atoms with Gasteiger partial charge in [0.05, 0.1) is 18.9 Å². The van der Waals surface area contributed by atoms with E-state index >= 15 is 0 Å². The van der Waals surface area contributed by atoms with Crippen LogP contribution in [0.25, 0.3) is 11.4 Å². The lowest BCUT2D eigenvalue weighted by molar-refractivity contribution is 0.109. The number of rotatable bonds is 3. The predicted molar refractivity (Wildman–Crippen MR) is 76.6 cm³/mol. The Hall–Kier alpha value is -2.21. The molecule has 0 radical (unpaired) electrons. The molecule has 21 heavy (non-hydrogen) atoms. The van der Waals surface area contributed by atoms with Gasteiger partial charge in [0.25, 0.3) is 0 Å². The summed E-state index contributed by atoms with van der Waals surface area (Å²) in [5.74, 6) is 0.460. The molecule has 2 aromatic rings. The molecule has 0 aliphatic carbocycles. The summed E-state index contributed by atoms with van der Waals surface area (Å²) in [5.41, 5.74) is 2.32. The summed E-state index contributed by atoms with van der Waals surface area (Å²) in [6.45, 7) is 3.79. The van der Waals surface area contributed by atoms with Gasteiger partial charge in [-0.3, -0.25) is 0 Å². The lowest BCUT2D eigenvalue weighted by Crippen LogP contribution is -2.17. The average molecular weight is 289 g/mol. The molecule has 0 amide bonds. The second-order valence-electron chi connectivity index (χ2n) is 4.85. The monoisotopic (exact) mass is 289 g/mol. The fourth-order valence-corrected chi connectivity index (χ4v) is 2.38. The second kappa shape index (κ2) is 5.65. The molecule has 1 aliphatic heterocycles. The normalized spacial score (nSPS) is 13.8. The zero-order chi connectivity index (χ0) is 14.8. The predicted octanol–water partition coefficient (Wildman–Crippen LogP) is 2.49. The van der Waals surface area contributed by atoms with E-state index in [0.717, 1.165) is 23.9 Å². The minimum absolute atomic E-state index is 0.139. The van der Waals surface area contributed by atoms with Crippen LogP contribution in [-0.4, -0.2) is 28.2 Å². The molecule has 0 saturated heterocycles. The van der Waals surface area contributed by atoms with E-state index in [4.69, 9.17) is 4.74 Å². The Morgan fingerprint density at radius 2 is 2.19 bits per heavy atom. The Kier molecular flexibility index (Phi) is 3.70. The first kappa shape index (κ1) is 13.8. The number of ether oxygens (including phenoxy) is 1. The number of benzene rings is 1. The van der Waals surface area contributed by atoms with Gasteiger partial charge in [-0.05, 0) is 19.1 Å². The summed E-state index contributed by atoms with van der Waals surface area (Å²) in [7, 11) is 0. The summed E-state index contributed by atoms with van der Waals surface area (Å²) in [5, 5.41) is 12.7. The van der Waals surface area contributed by atoms with Crippen molar-refractivity contribution in [3.05, 3.63) is 35.3 Å². The number of hydrogen-bond donors (Lipinski definition) is 2. The number of phenols is 1. The van der Waals surface area contributed by atoms with Crippen LogP contribution in [0.2, 0.25) is 0 Å². The number of fused-ring (bicyclic) bond motifs is 1. The van der Waals surface area contributed by atoms with Gasteiger partial charge in [-0.15, -0.1) is 0 Å². The van der Waals surface area contributed by atoms with Gasteiger partial charge in [-0.2, -0.15) is 0 Å². The van der Waals surface area contributed by atoms with Gasteiger partial charge < -0.3 is 15.2 Å². The number of aromatic hydroxyl groups is 1. The van der Waals surface area contributed by atoms with Crippen LogP contribution in [0.5, 0.6) is 5.75 Å². The third kappa shape index (κ3) is 2.80. The number of phenolic OH excluding ortho intramolecular Hbond substituents is 1. The van der Waals surface area contributed by atoms with Crippen LogP contribution in [0.15, 0.2) is 18.2 Å². The van der Waals surface area contributed by atoms with E-state index in [2.05, 4.69) is 15.3 Å². The largest absolute Gasteiger partial charge is 0.508 e. The van der Waals surface area contributed by atoms with Crippen molar-refractivity contribution in [1.29, 1.82) is 0 Å². The second-order valence-corrected chi connectivity index (χ2v) is 4.85. The van der Waals surface area contributed by atoms with E-state index in [1.807, 2.05) is 6.92 Å². The standard InChI is InChI=1S/C15H16FN3O2/c1-2-17-15-12-8-21-4-3-13(12)18-14(19-15)9-5-10(16)7-11(20)6-9/h5-7,20H,2-4,8H2,1H3,(H,17,18,19). The van der Waals surface area contributed by atoms with Gasteiger partial charge in [-0.1, -0.05) is 0 Å². The molecule has 1 aromatic carbocycles. The van der Waals surface area contributed by atoms with Gasteiger partial charge in [0.2, 0.25) is 0 Å².